The lowest BCUT2D eigenvalue weighted by Crippen LogP contribution is -2.34. The Bertz CT molecular complexity index is 581. The van der Waals surface area contributed by atoms with Crippen LogP contribution < -0.4 is 10.6 Å². The fourth-order valence-corrected chi connectivity index (χ4v) is 2.40. The van der Waals surface area contributed by atoms with Crippen LogP contribution in [0.1, 0.15) is 45.4 Å². The van der Waals surface area contributed by atoms with Gasteiger partial charge in [0, 0.05) is 18.6 Å². The Hall–Kier alpha value is -1.73. The van der Waals surface area contributed by atoms with E-state index >= 15 is 0 Å². The van der Waals surface area contributed by atoms with E-state index in [-0.39, 0.29) is 21.7 Å². The number of carbonyl (C=O) groups excluding carboxylic acids is 1. The summed E-state index contributed by atoms with van der Waals surface area (Å²) in [6.45, 7) is 2.14. The third-order valence-electron chi connectivity index (χ3n) is 3.17. The molecule has 0 atom stereocenters. The van der Waals surface area contributed by atoms with Crippen molar-refractivity contribution < 1.29 is 9.72 Å². The molecule has 2 N–H and O–H groups in total. The van der Waals surface area contributed by atoms with Crippen LogP contribution in [0.3, 0.4) is 0 Å². The third-order valence-corrected chi connectivity index (χ3v) is 3.69. The Morgan fingerprint density at radius 3 is 2.61 bits per heavy atom. The molecular formula is C15H20ClN3O3S. The summed E-state index contributed by atoms with van der Waals surface area (Å²) in [7, 11) is 0. The first kappa shape index (κ1) is 19.3. The van der Waals surface area contributed by atoms with Crippen LogP contribution in [-0.2, 0) is 4.79 Å². The van der Waals surface area contributed by atoms with E-state index in [0.29, 0.717) is 12.1 Å². The maximum Gasteiger partial charge on any atom is 0.271 e. The molecule has 1 aromatic carbocycles. The minimum Gasteiger partial charge on any atom is -0.331 e. The van der Waals surface area contributed by atoms with Gasteiger partial charge >= 0.3 is 0 Å². The van der Waals surface area contributed by atoms with Crippen LogP contribution in [0.15, 0.2) is 18.2 Å². The van der Waals surface area contributed by atoms with Crippen LogP contribution in [-0.4, -0.2) is 15.9 Å². The number of nitro benzene ring substituents is 1. The van der Waals surface area contributed by atoms with Crippen LogP contribution in [0.5, 0.6) is 0 Å². The summed E-state index contributed by atoms with van der Waals surface area (Å²) < 4.78 is 0. The van der Waals surface area contributed by atoms with E-state index in [1.807, 2.05) is 0 Å². The number of non-ortho nitro benzene ring substituents is 1. The Morgan fingerprint density at radius 1 is 1.30 bits per heavy atom. The molecule has 0 unspecified atom stereocenters. The van der Waals surface area contributed by atoms with Crippen molar-refractivity contribution in [1.29, 1.82) is 0 Å². The molecule has 1 rings (SSSR count). The first-order valence-electron chi connectivity index (χ1n) is 7.48. The molecule has 126 valence electrons. The number of hydrogen-bond donors (Lipinski definition) is 2. The van der Waals surface area contributed by atoms with Crippen molar-refractivity contribution in [2.24, 2.45) is 0 Å². The second kappa shape index (κ2) is 10.1. The molecule has 0 saturated heterocycles. The molecule has 0 heterocycles. The standard InChI is InChI=1S/C15H20ClN3O3S/c1-2-3-4-5-6-7-14(20)18-15(23)17-13-9-8-11(19(21)22)10-12(13)16/h8-10H,2-7H2,1H3,(H2,17,18,20,23). The van der Waals surface area contributed by atoms with Gasteiger partial charge < -0.3 is 10.6 Å². The van der Waals surface area contributed by atoms with Crippen molar-refractivity contribution >= 4 is 46.2 Å². The van der Waals surface area contributed by atoms with E-state index in [1.54, 1.807) is 0 Å². The van der Waals surface area contributed by atoms with Crippen molar-refractivity contribution in [3.05, 3.63) is 33.3 Å². The molecule has 0 bridgehead atoms. The Kier molecular flexibility index (Phi) is 8.50. The molecule has 0 radical (unpaired) electrons. The van der Waals surface area contributed by atoms with E-state index in [4.69, 9.17) is 23.8 Å². The van der Waals surface area contributed by atoms with E-state index in [9.17, 15) is 14.9 Å². The first-order valence-corrected chi connectivity index (χ1v) is 8.27. The predicted octanol–water partition coefficient (Wildman–Crippen LogP) is 4.42. The quantitative estimate of drug-likeness (QED) is 0.311. The summed E-state index contributed by atoms with van der Waals surface area (Å²) in [6.07, 6.45) is 5.74. The zero-order valence-electron chi connectivity index (χ0n) is 12.9. The molecule has 0 saturated carbocycles. The lowest BCUT2D eigenvalue weighted by molar-refractivity contribution is -0.384. The fourth-order valence-electron chi connectivity index (χ4n) is 1.95. The summed E-state index contributed by atoms with van der Waals surface area (Å²) in [5, 5.41) is 16.3. The Morgan fingerprint density at radius 2 is 2.00 bits per heavy atom. The number of thiocarbonyl (C=S) groups is 1. The number of benzene rings is 1. The molecule has 8 heteroatoms. The number of anilines is 1. The predicted molar refractivity (Wildman–Crippen MR) is 95.8 cm³/mol. The highest BCUT2D eigenvalue weighted by atomic mass is 35.5. The molecule has 0 aliphatic rings. The highest BCUT2D eigenvalue weighted by Gasteiger charge is 2.11. The molecule has 23 heavy (non-hydrogen) atoms. The fraction of sp³-hybridized carbons (Fsp3) is 0.467. The van der Waals surface area contributed by atoms with E-state index in [0.717, 1.165) is 25.7 Å². The summed E-state index contributed by atoms with van der Waals surface area (Å²) in [4.78, 5) is 21.9. The summed E-state index contributed by atoms with van der Waals surface area (Å²) in [5.74, 6) is -0.156. The molecule has 0 aliphatic carbocycles. The second-order valence-electron chi connectivity index (χ2n) is 5.09. The number of nitrogens with zero attached hydrogens (tertiary/aromatic N) is 1. The van der Waals surface area contributed by atoms with Crippen LogP contribution in [0.25, 0.3) is 0 Å². The van der Waals surface area contributed by atoms with Gasteiger partial charge in [0.05, 0.1) is 15.6 Å². The van der Waals surface area contributed by atoms with Gasteiger partial charge in [-0.3, -0.25) is 14.9 Å². The maximum atomic E-state index is 11.7. The average molecular weight is 358 g/mol. The lowest BCUT2D eigenvalue weighted by Gasteiger charge is -2.10. The Labute approximate surface area is 145 Å². The van der Waals surface area contributed by atoms with Gasteiger partial charge in [0.2, 0.25) is 5.91 Å². The molecule has 1 amide bonds. The van der Waals surface area contributed by atoms with Crippen molar-refractivity contribution in [3.8, 4) is 0 Å². The number of amides is 1. The number of unbranched alkanes of at least 4 members (excludes halogenated alkanes) is 4. The van der Waals surface area contributed by atoms with Gasteiger partial charge in [0.15, 0.2) is 5.11 Å². The van der Waals surface area contributed by atoms with Crippen LogP contribution >= 0.6 is 23.8 Å². The molecule has 0 spiro atoms. The number of nitro groups is 1. The largest absolute Gasteiger partial charge is 0.331 e. The SMILES string of the molecule is CCCCCCCC(=O)NC(=S)Nc1ccc([N+](=O)[O-])cc1Cl. The normalized spacial score (nSPS) is 10.2. The lowest BCUT2D eigenvalue weighted by atomic mass is 10.1. The van der Waals surface area contributed by atoms with E-state index < -0.39 is 4.92 Å². The van der Waals surface area contributed by atoms with Gasteiger partial charge in [-0.2, -0.15) is 0 Å². The van der Waals surface area contributed by atoms with Gasteiger partial charge in [-0.15, -0.1) is 0 Å². The number of halogens is 1. The number of carbonyl (C=O) groups is 1. The van der Waals surface area contributed by atoms with Gasteiger partial charge in [-0.1, -0.05) is 44.2 Å². The molecule has 6 nitrogen and oxygen atoms in total. The smallest absolute Gasteiger partial charge is 0.271 e. The number of hydrogen-bond acceptors (Lipinski definition) is 4. The first-order chi connectivity index (χ1) is 10.9. The minimum atomic E-state index is -0.533. The van der Waals surface area contributed by atoms with Gasteiger partial charge in [0.25, 0.3) is 5.69 Å². The molecule has 0 aliphatic heterocycles. The summed E-state index contributed by atoms with van der Waals surface area (Å²) in [6, 6.07) is 3.98. The summed E-state index contributed by atoms with van der Waals surface area (Å²) in [5.41, 5.74) is 0.299. The van der Waals surface area contributed by atoms with Crippen molar-refractivity contribution in [1.82, 2.24) is 5.32 Å². The van der Waals surface area contributed by atoms with Gasteiger partial charge in [0.1, 0.15) is 0 Å². The van der Waals surface area contributed by atoms with E-state index in [2.05, 4.69) is 17.6 Å². The van der Waals surface area contributed by atoms with Crippen molar-refractivity contribution in [2.75, 3.05) is 5.32 Å². The zero-order chi connectivity index (χ0) is 17.2. The van der Waals surface area contributed by atoms with Crippen LogP contribution in [0.2, 0.25) is 5.02 Å². The molecule has 0 fully saturated rings. The van der Waals surface area contributed by atoms with Crippen molar-refractivity contribution in [2.45, 2.75) is 45.4 Å². The average Bonchev–Trinajstić information content (AvgIpc) is 2.48. The summed E-state index contributed by atoms with van der Waals surface area (Å²) >= 11 is 11.0. The number of nitrogens with one attached hydrogen (secondary N) is 2. The minimum absolute atomic E-state index is 0.109. The van der Waals surface area contributed by atoms with Crippen molar-refractivity contribution in [3.63, 3.8) is 0 Å². The second-order valence-corrected chi connectivity index (χ2v) is 5.90. The topological polar surface area (TPSA) is 84.3 Å². The molecule has 0 aromatic heterocycles. The molecular weight excluding hydrogens is 338 g/mol. The zero-order valence-corrected chi connectivity index (χ0v) is 14.5. The van der Waals surface area contributed by atoms with Gasteiger partial charge in [-0.25, -0.2) is 0 Å². The third kappa shape index (κ3) is 7.38. The van der Waals surface area contributed by atoms with Crippen LogP contribution in [0, 0.1) is 10.1 Å². The highest BCUT2D eigenvalue weighted by molar-refractivity contribution is 7.80. The van der Waals surface area contributed by atoms with Crippen LogP contribution in [0.4, 0.5) is 11.4 Å². The van der Waals surface area contributed by atoms with Gasteiger partial charge in [-0.05, 0) is 24.7 Å². The monoisotopic (exact) mass is 357 g/mol. The van der Waals surface area contributed by atoms with E-state index in [1.165, 1.54) is 24.6 Å². The number of rotatable bonds is 8. The Balaban J connectivity index is 2.41. The maximum absolute atomic E-state index is 11.7. The highest BCUT2D eigenvalue weighted by Crippen LogP contribution is 2.26. The molecule has 1 aromatic rings.